The molecule has 0 saturated heterocycles. The second kappa shape index (κ2) is 9.53. The molecule has 6 rings (SSSR count). The monoisotopic (exact) mass is 549 g/mol. The van der Waals surface area contributed by atoms with Crippen molar-refractivity contribution in [1.29, 1.82) is 0 Å². The van der Waals surface area contributed by atoms with E-state index in [9.17, 15) is 14.4 Å². The molecule has 2 amide bonds. The van der Waals surface area contributed by atoms with Gasteiger partial charge in [0.1, 0.15) is 11.1 Å². The zero-order chi connectivity index (χ0) is 28.2. The van der Waals surface area contributed by atoms with E-state index in [4.69, 9.17) is 0 Å². The highest BCUT2D eigenvalue weighted by atomic mass is 32.1. The van der Waals surface area contributed by atoms with Gasteiger partial charge in [-0.3, -0.25) is 19.3 Å². The van der Waals surface area contributed by atoms with Gasteiger partial charge in [0.15, 0.2) is 5.82 Å². The number of hydrogen-bond acceptors (Lipinski definition) is 6. The summed E-state index contributed by atoms with van der Waals surface area (Å²) < 4.78 is 1.51. The molecule has 0 bridgehead atoms. The van der Waals surface area contributed by atoms with Gasteiger partial charge in [-0.15, -0.1) is 5.10 Å². The number of aromatic nitrogens is 3. The average Bonchev–Trinajstić information content (AvgIpc) is 3.54. The number of thiazole rings is 1. The largest absolute Gasteiger partial charge is 0.325 e. The number of carbonyl (C=O) groups is 2. The van der Waals surface area contributed by atoms with Crippen LogP contribution in [0.25, 0.3) is 21.9 Å². The Hall–Kier alpha value is -4.63. The Morgan fingerprint density at radius 3 is 2.42 bits per heavy atom. The molecular weight excluding hydrogens is 522 g/mol. The van der Waals surface area contributed by atoms with Crippen molar-refractivity contribution in [2.24, 2.45) is 0 Å². The van der Waals surface area contributed by atoms with E-state index < -0.39 is 11.5 Å². The molecular formula is C31H27N5O3S. The minimum Gasteiger partial charge on any atom is -0.325 e. The van der Waals surface area contributed by atoms with E-state index in [0.29, 0.717) is 27.7 Å². The maximum absolute atomic E-state index is 13.7. The SMILES string of the molecule is Cc1cccc(NC(=O)CN2C(=O)C(=c3sc4nc(-c5ccc(C(C)(C)C)cc5)nn4c3=O)c3ccccc32)c1. The van der Waals surface area contributed by atoms with E-state index in [1.807, 2.05) is 55.5 Å². The Morgan fingerprint density at radius 1 is 0.975 bits per heavy atom. The van der Waals surface area contributed by atoms with Crippen molar-refractivity contribution < 1.29 is 9.59 Å². The Kier molecular flexibility index (Phi) is 6.11. The molecule has 5 aromatic rings. The number of rotatable bonds is 4. The van der Waals surface area contributed by atoms with E-state index in [-0.39, 0.29) is 28.0 Å². The maximum Gasteiger partial charge on any atom is 0.291 e. The number of fused-ring (bicyclic) bond motifs is 2. The van der Waals surface area contributed by atoms with Gasteiger partial charge in [0.25, 0.3) is 11.5 Å². The van der Waals surface area contributed by atoms with Gasteiger partial charge >= 0.3 is 0 Å². The van der Waals surface area contributed by atoms with Gasteiger partial charge in [-0.1, -0.05) is 86.7 Å². The average molecular weight is 550 g/mol. The van der Waals surface area contributed by atoms with Gasteiger partial charge in [0, 0.05) is 16.8 Å². The number of nitrogens with zero attached hydrogens (tertiary/aromatic N) is 4. The fraction of sp³-hybridized carbons (Fsp3) is 0.194. The highest BCUT2D eigenvalue weighted by molar-refractivity contribution is 7.15. The van der Waals surface area contributed by atoms with Gasteiger partial charge in [0.05, 0.1) is 11.3 Å². The minimum atomic E-state index is -0.408. The molecule has 200 valence electrons. The molecule has 9 heteroatoms. The summed E-state index contributed by atoms with van der Waals surface area (Å²) in [5.41, 5.74) is 4.74. The van der Waals surface area contributed by atoms with Gasteiger partial charge < -0.3 is 5.32 Å². The number of para-hydroxylation sites is 1. The Balaban J connectivity index is 1.36. The number of carbonyl (C=O) groups excluding carboxylic acids is 2. The van der Waals surface area contributed by atoms with Gasteiger partial charge in [-0.2, -0.15) is 9.50 Å². The van der Waals surface area contributed by atoms with E-state index >= 15 is 0 Å². The van der Waals surface area contributed by atoms with Crippen LogP contribution in [-0.4, -0.2) is 33.0 Å². The number of aryl methyl sites for hydroxylation is 1. The van der Waals surface area contributed by atoms with Crippen molar-refractivity contribution in [3.05, 3.63) is 104 Å². The number of amides is 2. The molecule has 8 nitrogen and oxygen atoms in total. The number of anilines is 2. The molecule has 0 spiro atoms. The maximum atomic E-state index is 13.7. The predicted octanol–water partition coefficient (Wildman–Crippen LogP) is 4.33. The van der Waals surface area contributed by atoms with Crippen LogP contribution in [0.3, 0.4) is 0 Å². The van der Waals surface area contributed by atoms with Gasteiger partial charge in [-0.25, -0.2) is 0 Å². The number of hydrogen-bond donors (Lipinski definition) is 1. The third-order valence-electron chi connectivity index (χ3n) is 6.92. The van der Waals surface area contributed by atoms with Crippen LogP contribution in [0.15, 0.2) is 77.6 Å². The fourth-order valence-corrected chi connectivity index (χ4v) is 5.85. The first kappa shape index (κ1) is 25.6. The number of benzene rings is 3. The third-order valence-corrected chi connectivity index (χ3v) is 7.95. The second-order valence-corrected chi connectivity index (χ2v) is 11.9. The lowest BCUT2D eigenvalue weighted by atomic mass is 9.87. The summed E-state index contributed by atoms with van der Waals surface area (Å²) in [5, 5.41) is 7.32. The highest BCUT2D eigenvalue weighted by Crippen LogP contribution is 2.35. The van der Waals surface area contributed by atoms with Crippen LogP contribution in [0.5, 0.6) is 0 Å². The Bertz CT molecular complexity index is 1920. The summed E-state index contributed by atoms with van der Waals surface area (Å²) in [5.74, 6) is -0.282. The molecule has 3 heterocycles. The summed E-state index contributed by atoms with van der Waals surface area (Å²) in [7, 11) is 0. The summed E-state index contributed by atoms with van der Waals surface area (Å²) in [6.07, 6.45) is 0. The van der Waals surface area contributed by atoms with E-state index in [1.165, 1.54) is 15.0 Å². The topological polar surface area (TPSA) is 96.7 Å². The zero-order valence-corrected chi connectivity index (χ0v) is 23.4. The Labute approximate surface area is 234 Å². The first-order chi connectivity index (χ1) is 19.1. The summed E-state index contributed by atoms with van der Waals surface area (Å²) in [6, 6.07) is 22.6. The van der Waals surface area contributed by atoms with Crippen LogP contribution >= 0.6 is 11.3 Å². The minimum absolute atomic E-state index is 0.0219. The van der Waals surface area contributed by atoms with Crippen molar-refractivity contribution in [3.63, 3.8) is 0 Å². The molecule has 0 radical (unpaired) electrons. The second-order valence-electron chi connectivity index (χ2n) is 10.9. The predicted molar refractivity (Wildman–Crippen MR) is 158 cm³/mol. The molecule has 3 aromatic carbocycles. The van der Waals surface area contributed by atoms with E-state index in [1.54, 1.807) is 24.3 Å². The number of nitrogens with one attached hydrogen (secondary N) is 1. The molecule has 1 aliphatic rings. The fourth-order valence-electron chi connectivity index (χ4n) is 4.85. The summed E-state index contributed by atoms with van der Waals surface area (Å²) in [4.78, 5) is 46.5. The molecule has 0 fully saturated rings. The molecule has 40 heavy (non-hydrogen) atoms. The van der Waals surface area contributed by atoms with Crippen molar-refractivity contribution in [3.8, 4) is 11.4 Å². The molecule has 1 N–H and O–H groups in total. The molecule has 1 aliphatic heterocycles. The lowest BCUT2D eigenvalue weighted by molar-refractivity contribution is -0.118. The van der Waals surface area contributed by atoms with Crippen molar-refractivity contribution in [1.82, 2.24) is 14.6 Å². The zero-order valence-electron chi connectivity index (χ0n) is 22.6. The molecule has 0 unspecified atom stereocenters. The normalized spacial score (nSPS) is 14.6. The van der Waals surface area contributed by atoms with E-state index in [2.05, 4.69) is 36.2 Å². The quantitative estimate of drug-likeness (QED) is 0.360. The van der Waals surface area contributed by atoms with Gasteiger partial charge in [-0.05, 0) is 41.7 Å². The van der Waals surface area contributed by atoms with Crippen molar-refractivity contribution >= 4 is 45.1 Å². The summed E-state index contributed by atoms with van der Waals surface area (Å²) in [6.45, 7) is 8.20. The molecule has 0 atom stereocenters. The van der Waals surface area contributed by atoms with Crippen LogP contribution in [-0.2, 0) is 15.0 Å². The molecule has 0 saturated carbocycles. The van der Waals surface area contributed by atoms with Gasteiger partial charge in [0.2, 0.25) is 10.9 Å². The standard InChI is InChI=1S/C31H27N5O3S/c1-18-8-7-9-21(16-18)32-24(37)17-35-23-11-6-5-10-22(23)25(28(35)38)26-29(39)36-30(40-26)33-27(34-36)19-12-14-20(15-13-19)31(2,3)4/h5-16H,17H2,1-4H3,(H,32,37). The third kappa shape index (κ3) is 4.48. The van der Waals surface area contributed by atoms with Crippen LogP contribution in [0, 0.1) is 6.92 Å². The first-order valence-electron chi connectivity index (χ1n) is 12.9. The van der Waals surface area contributed by atoms with Crippen LogP contribution in [0.1, 0.15) is 37.5 Å². The Morgan fingerprint density at radius 2 is 1.73 bits per heavy atom. The highest BCUT2D eigenvalue weighted by Gasteiger charge is 2.35. The lowest BCUT2D eigenvalue weighted by Crippen LogP contribution is -2.37. The lowest BCUT2D eigenvalue weighted by Gasteiger charge is -2.18. The van der Waals surface area contributed by atoms with Crippen molar-refractivity contribution in [2.45, 2.75) is 33.1 Å². The van der Waals surface area contributed by atoms with Crippen LogP contribution in [0.4, 0.5) is 11.4 Å². The van der Waals surface area contributed by atoms with E-state index in [0.717, 1.165) is 22.5 Å². The summed E-state index contributed by atoms with van der Waals surface area (Å²) >= 11 is 1.13. The smallest absolute Gasteiger partial charge is 0.291 e. The van der Waals surface area contributed by atoms with Crippen LogP contribution < -0.4 is 20.3 Å². The van der Waals surface area contributed by atoms with Crippen LogP contribution in [0.2, 0.25) is 0 Å². The van der Waals surface area contributed by atoms with Crippen molar-refractivity contribution in [2.75, 3.05) is 16.8 Å². The molecule has 2 aromatic heterocycles. The molecule has 0 aliphatic carbocycles. The first-order valence-corrected chi connectivity index (χ1v) is 13.7.